The number of hydrogen-bond donors (Lipinski definition) is 1. The van der Waals surface area contributed by atoms with Crippen LogP contribution in [0.2, 0.25) is 0 Å². The third-order valence-electron chi connectivity index (χ3n) is 3.67. The number of aliphatic hydroxyl groups excluding tert-OH is 1. The number of hydrogen-bond acceptors (Lipinski definition) is 4. The number of aliphatic hydroxyl groups is 1. The summed E-state index contributed by atoms with van der Waals surface area (Å²) in [5.41, 5.74) is 1.11. The molecule has 0 saturated carbocycles. The Bertz CT molecular complexity index is 381. The molecule has 1 fully saturated rings. The van der Waals surface area contributed by atoms with Gasteiger partial charge in [0.15, 0.2) is 6.29 Å². The van der Waals surface area contributed by atoms with Crippen LogP contribution in [-0.2, 0) is 20.8 Å². The summed E-state index contributed by atoms with van der Waals surface area (Å²) < 4.78 is 16.9. The highest BCUT2D eigenvalue weighted by molar-refractivity contribution is 5.13. The van der Waals surface area contributed by atoms with Crippen LogP contribution in [0.4, 0.5) is 0 Å². The summed E-state index contributed by atoms with van der Waals surface area (Å²) in [5, 5.41) is 9.87. The standard InChI is InChI=1S/C15H22O4/c1-10-13(14(17-3)11(2)19-15(10)16)18-9-12-7-5-4-6-8-12/h4-8,10-11,13-16H,9H2,1-3H3/t10-,11-,13-,14-,15?/m1/s1. The summed E-state index contributed by atoms with van der Waals surface area (Å²) in [6, 6.07) is 9.98. The number of rotatable bonds is 4. The molecule has 1 saturated heterocycles. The van der Waals surface area contributed by atoms with Crippen LogP contribution in [-0.4, -0.2) is 36.8 Å². The van der Waals surface area contributed by atoms with Crippen LogP contribution >= 0.6 is 0 Å². The predicted octanol–water partition coefficient (Wildman–Crippen LogP) is 1.96. The zero-order valence-electron chi connectivity index (χ0n) is 11.7. The lowest BCUT2D eigenvalue weighted by Gasteiger charge is -2.42. The van der Waals surface area contributed by atoms with Gasteiger partial charge in [-0.25, -0.2) is 0 Å². The molecule has 1 heterocycles. The molecule has 1 aromatic carbocycles. The summed E-state index contributed by atoms with van der Waals surface area (Å²) in [6.45, 7) is 4.31. The fourth-order valence-corrected chi connectivity index (χ4v) is 2.49. The third kappa shape index (κ3) is 3.34. The van der Waals surface area contributed by atoms with E-state index in [-0.39, 0.29) is 24.2 Å². The summed E-state index contributed by atoms with van der Waals surface area (Å²) >= 11 is 0. The van der Waals surface area contributed by atoms with Crippen molar-refractivity contribution in [1.82, 2.24) is 0 Å². The monoisotopic (exact) mass is 266 g/mol. The van der Waals surface area contributed by atoms with Crippen molar-refractivity contribution in [1.29, 1.82) is 0 Å². The first kappa shape index (κ1) is 14.5. The predicted molar refractivity (Wildman–Crippen MR) is 71.5 cm³/mol. The molecule has 1 aliphatic heterocycles. The Morgan fingerprint density at radius 2 is 1.84 bits per heavy atom. The Balaban J connectivity index is 2.02. The first-order valence-corrected chi connectivity index (χ1v) is 6.65. The molecule has 1 N–H and O–H groups in total. The van der Waals surface area contributed by atoms with E-state index in [1.807, 2.05) is 44.2 Å². The summed E-state index contributed by atoms with van der Waals surface area (Å²) in [4.78, 5) is 0. The first-order chi connectivity index (χ1) is 9.13. The lowest BCUT2D eigenvalue weighted by Crippen LogP contribution is -2.54. The van der Waals surface area contributed by atoms with Gasteiger partial charge in [-0.15, -0.1) is 0 Å². The molecular formula is C15H22O4. The molecule has 2 rings (SSSR count). The van der Waals surface area contributed by atoms with Crippen LogP contribution in [0.25, 0.3) is 0 Å². The van der Waals surface area contributed by atoms with E-state index in [0.29, 0.717) is 6.61 Å². The molecule has 0 bridgehead atoms. The third-order valence-corrected chi connectivity index (χ3v) is 3.67. The normalized spacial score (nSPS) is 35.3. The molecular weight excluding hydrogens is 244 g/mol. The van der Waals surface area contributed by atoms with E-state index in [9.17, 15) is 5.11 Å². The minimum absolute atomic E-state index is 0.120. The van der Waals surface area contributed by atoms with Crippen molar-refractivity contribution in [2.45, 2.75) is 45.1 Å². The number of methoxy groups -OCH3 is 1. The molecule has 1 aromatic rings. The first-order valence-electron chi connectivity index (χ1n) is 6.65. The highest BCUT2D eigenvalue weighted by Gasteiger charge is 2.42. The zero-order valence-corrected chi connectivity index (χ0v) is 11.7. The van der Waals surface area contributed by atoms with Crippen LogP contribution in [0.5, 0.6) is 0 Å². The van der Waals surface area contributed by atoms with Gasteiger partial charge in [-0.2, -0.15) is 0 Å². The summed E-state index contributed by atoms with van der Waals surface area (Å²) in [5.74, 6) is -0.120. The van der Waals surface area contributed by atoms with E-state index in [0.717, 1.165) is 5.56 Å². The quantitative estimate of drug-likeness (QED) is 0.905. The second kappa shape index (κ2) is 6.48. The van der Waals surface area contributed by atoms with Gasteiger partial charge in [0, 0.05) is 13.0 Å². The average molecular weight is 266 g/mol. The molecule has 4 nitrogen and oxygen atoms in total. The Labute approximate surface area is 114 Å². The average Bonchev–Trinajstić information content (AvgIpc) is 2.42. The molecule has 0 spiro atoms. The van der Waals surface area contributed by atoms with E-state index in [1.165, 1.54) is 0 Å². The van der Waals surface area contributed by atoms with Crippen LogP contribution in [0.3, 0.4) is 0 Å². The highest BCUT2D eigenvalue weighted by atomic mass is 16.6. The second-order valence-corrected chi connectivity index (χ2v) is 5.05. The van der Waals surface area contributed by atoms with Gasteiger partial charge < -0.3 is 19.3 Å². The van der Waals surface area contributed by atoms with Crippen molar-refractivity contribution in [3.63, 3.8) is 0 Å². The fourth-order valence-electron chi connectivity index (χ4n) is 2.49. The van der Waals surface area contributed by atoms with Gasteiger partial charge in [0.2, 0.25) is 0 Å². The minimum Gasteiger partial charge on any atom is -0.376 e. The van der Waals surface area contributed by atoms with Crippen LogP contribution in [0.15, 0.2) is 30.3 Å². The maximum Gasteiger partial charge on any atom is 0.160 e. The Kier molecular flexibility index (Phi) is 4.93. The largest absolute Gasteiger partial charge is 0.376 e. The fraction of sp³-hybridized carbons (Fsp3) is 0.600. The van der Waals surface area contributed by atoms with E-state index in [1.54, 1.807) is 7.11 Å². The maximum absolute atomic E-state index is 9.87. The van der Waals surface area contributed by atoms with E-state index < -0.39 is 6.29 Å². The van der Waals surface area contributed by atoms with Gasteiger partial charge >= 0.3 is 0 Å². The van der Waals surface area contributed by atoms with Crippen LogP contribution < -0.4 is 0 Å². The molecule has 0 radical (unpaired) electrons. The van der Waals surface area contributed by atoms with Gasteiger partial charge in [0.25, 0.3) is 0 Å². The highest BCUT2D eigenvalue weighted by Crippen LogP contribution is 2.29. The van der Waals surface area contributed by atoms with Gasteiger partial charge in [-0.05, 0) is 12.5 Å². The number of ether oxygens (including phenoxy) is 3. The van der Waals surface area contributed by atoms with Gasteiger partial charge in [0.05, 0.1) is 18.8 Å². The van der Waals surface area contributed by atoms with E-state index in [4.69, 9.17) is 14.2 Å². The van der Waals surface area contributed by atoms with Gasteiger partial charge in [-0.1, -0.05) is 37.3 Å². The molecule has 106 valence electrons. The lowest BCUT2D eigenvalue weighted by molar-refractivity contribution is -0.271. The lowest BCUT2D eigenvalue weighted by atomic mass is 9.92. The second-order valence-electron chi connectivity index (χ2n) is 5.05. The zero-order chi connectivity index (χ0) is 13.8. The molecule has 0 amide bonds. The molecule has 19 heavy (non-hydrogen) atoms. The summed E-state index contributed by atoms with van der Waals surface area (Å²) in [6.07, 6.45) is -1.33. The molecule has 0 aromatic heterocycles. The maximum atomic E-state index is 9.87. The van der Waals surface area contributed by atoms with Crippen LogP contribution in [0.1, 0.15) is 19.4 Å². The van der Waals surface area contributed by atoms with Crippen LogP contribution in [0, 0.1) is 5.92 Å². The number of benzene rings is 1. The van der Waals surface area contributed by atoms with Crippen molar-refractivity contribution in [3.8, 4) is 0 Å². The van der Waals surface area contributed by atoms with Crippen molar-refractivity contribution in [2.24, 2.45) is 5.92 Å². The topological polar surface area (TPSA) is 47.9 Å². The Morgan fingerprint density at radius 1 is 1.16 bits per heavy atom. The van der Waals surface area contributed by atoms with E-state index in [2.05, 4.69) is 0 Å². The minimum atomic E-state index is -0.804. The van der Waals surface area contributed by atoms with Crippen molar-refractivity contribution >= 4 is 0 Å². The van der Waals surface area contributed by atoms with Crippen molar-refractivity contribution in [2.75, 3.05) is 7.11 Å². The van der Waals surface area contributed by atoms with Gasteiger partial charge in [-0.3, -0.25) is 0 Å². The molecule has 1 unspecified atom stereocenters. The van der Waals surface area contributed by atoms with Crippen molar-refractivity contribution < 1.29 is 19.3 Å². The Morgan fingerprint density at radius 3 is 2.47 bits per heavy atom. The molecule has 4 heteroatoms. The molecule has 0 aliphatic carbocycles. The van der Waals surface area contributed by atoms with Crippen molar-refractivity contribution in [3.05, 3.63) is 35.9 Å². The van der Waals surface area contributed by atoms with Gasteiger partial charge in [0.1, 0.15) is 6.10 Å². The SMILES string of the molecule is CO[C@H]1[C@H](OCc2ccccc2)[C@@H](C)C(O)O[C@@H]1C. The summed E-state index contributed by atoms with van der Waals surface area (Å²) in [7, 11) is 1.65. The smallest absolute Gasteiger partial charge is 0.160 e. The molecule has 1 aliphatic rings. The molecule has 5 atom stereocenters. The van der Waals surface area contributed by atoms with E-state index >= 15 is 0 Å². The Hall–Kier alpha value is -0.940.